The van der Waals surface area contributed by atoms with Gasteiger partial charge < -0.3 is 9.64 Å². The van der Waals surface area contributed by atoms with Gasteiger partial charge in [0.25, 0.3) is 0 Å². The minimum atomic E-state index is 0.436. The lowest BCUT2D eigenvalue weighted by Gasteiger charge is -2.25. The molecule has 1 aromatic carbocycles. The van der Waals surface area contributed by atoms with Gasteiger partial charge in [0, 0.05) is 24.8 Å². The van der Waals surface area contributed by atoms with Crippen molar-refractivity contribution in [1.82, 2.24) is 0 Å². The van der Waals surface area contributed by atoms with Crippen LogP contribution in [0.1, 0.15) is 46.0 Å². The van der Waals surface area contributed by atoms with Gasteiger partial charge in [0.2, 0.25) is 0 Å². The Labute approximate surface area is 111 Å². The zero-order chi connectivity index (χ0) is 12.8. The van der Waals surface area contributed by atoms with Crippen molar-refractivity contribution in [3.05, 3.63) is 24.3 Å². The van der Waals surface area contributed by atoms with E-state index in [1.54, 1.807) is 0 Å². The van der Waals surface area contributed by atoms with Crippen LogP contribution in [-0.2, 0) is 0 Å². The van der Waals surface area contributed by atoms with Crippen molar-refractivity contribution in [2.24, 2.45) is 0 Å². The van der Waals surface area contributed by atoms with Gasteiger partial charge in [0.05, 0.1) is 6.10 Å². The van der Waals surface area contributed by atoms with E-state index in [9.17, 15) is 0 Å². The number of nitrogens with zero attached hydrogens (tertiary/aromatic N) is 1. The van der Waals surface area contributed by atoms with Crippen LogP contribution in [0.2, 0.25) is 0 Å². The number of hydrogen-bond donors (Lipinski definition) is 0. The molecule has 2 heteroatoms. The Balaban J connectivity index is 2.01. The van der Waals surface area contributed by atoms with Gasteiger partial charge in [-0.3, -0.25) is 0 Å². The van der Waals surface area contributed by atoms with E-state index in [4.69, 9.17) is 4.74 Å². The first kappa shape index (κ1) is 13.3. The van der Waals surface area contributed by atoms with E-state index >= 15 is 0 Å². The molecule has 0 unspecified atom stereocenters. The third-order valence-corrected chi connectivity index (χ3v) is 3.80. The maximum absolute atomic E-state index is 6.11. The summed E-state index contributed by atoms with van der Waals surface area (Å²) in [5.41, 5.74) is 1.27. The molecule has 0 aromatic heterocycles. The molecule has 2 rings (SSSR count). The Bertz CT molecular complexity index is 354. The van der Waals surface area contributed by atoms with Crippen molar-refractivity contribution >= 4 is 5.69 Å². The Hall–Kier alpha value is -1.18. The first-order valence-corrected chi connectivity index (χ1v) is 7.35. The molecule has 0 bridgehead atoms. The second kappa shape index (κ2) is 6.67. The first-order chi connectivity index (χ1) is 8.83. The monoisotopic (exact) mass is 247 g/mol. The minimum Gasteiger partial charge on any atom is -0.490 e. The SMILES string of the molecule is CCN(CC)c1cccc(OC2CCCCC2)c1. The predicted molar refractivity (Wildman–Crippen MR) is 77.5 cm³/mol. The highest BCUT2D eigenvalue weighted by Gasteiger charge is 2.15. The van der Waals surface area contributed by atoms with Gasteiger partial charge in [-0.2, -0.15) is 0 Å². The third-order valence-electron chi connectivity index (χ3n) is 3.80. The highest BCUT2D eigenvalue weighted by Crippen LogP contribution is 2.26. The fraction of sp³-hybridized carbons (Fsp3) is 0.625. The maximum Gasteiger partial charge on any atom is 0.121 e. The standard InChI is InChI=1S/C16H25NO/c1-3-17(4-2)14-9-8-12-16(13-14)18-15-10-6-5-7-11-15/h8-9,12-13,15H,3-7,10-11H2,1-2H3. The molecule has 100 valence electrons. The Morgan fingerprint density at radius 2 is 1.83 bits per heavy atom. The summed E-state index contributed by atoms with van der Waals surface area (Å²) in [6, 6.07) is 8.54. The molecule has 0 saturated heterocycles. The molecule has 0 spiro atoms. The van der Waals surface area contributed by atoms with Crippen LogP contribution in [-0.4, -0.2) is 19.2 Å². The average Bonchev–Trinajstić information content (AvgIpc) is 2.42. The smallest absolute Gasteiger partial charge is 0.121 e. The van der Waals surface area contributed by atoms with Crippen LogP contribution in [0.15, 0.2) is 24.3 Å². The summed E-state index contributed by atoms with van der Waals surface area (Å²) in [7, 11) is 0. The van der Waals surface area contributed by atoms with Crippen LogP contribution >= 0.6 is 0 Å². The van der Waals surface area contributed by atoms with E-state index in [2.05, 4.69) is 43.0 Å². The van der Waals surface area contributed by atoms with Crippen LogP contribution in [0, 0.1) is 0 Å². The Morgan fingerprint density at radius 1 is 1.11 bits per heavy atom. The summed E-state index contributed by atoms with van der Waals surface area (Å²) in [5.74, 6) is 1.03. The first-order valence-electron chi connectivity index (χ1n) is 7.35. The van der Waals surface area contributed by atoms with E-state index in [1.165, 1.54) is 37.8 Å². The molecule has 1 aromatic rings. The van der Waals surface area contributed by atoms with Crippen molar-refractivity contribution in [1.29, 1.82) is 0 Å². The molecule has 0 radical (unpaired) electrons. The molecular formula is C16H25NO. The van der Waals surface area contributed by atoms with Gasteiger partial charge in [-0.15, -0.1) is 0 Å². The normalized spacial score (nSPS) is 16.6. The molecule has 18 heavy (non-hydrogen) atoms. The minimum absolute atomic E-state index is 0.436. The van der Waals surface area contributed by atoms with Crippen LogP contribution in [0.25, 0.3) is 0 Å². The number of benzene rings is 1. The fourth-order valence-corrected chi connectivity index (χ4v) is 2.72. The molecular weight excluding hydrogens is 222 g/mol. The molecule has 1 fully saturated rings. The van der Waals surface area contributed by atoms with Crippen molar-refractivity contribution in [2.45, 2.75) is 52.1 Å². The molecule has 0 atom stereocenters. The largest absolute Gasteiger partial charge is 0.490 e. The molecule has 0 heterocycles. The lowest BCUT2D eigenvalue weighted by molar-refractivity contribution is 0.155. The van der Waals surface area contributed by atoms with E-state index in [0.29, 0.717) is 6.10 Å². The zero-order valence-electron chi connectivity index (χ0n) is 11.7. The summed E-state index contributed by atoms with van der Waals surface area (Å²) < 4.78 is 6.11. The average molecular weight is 247 g/mol. The van der Waals surface area contributed by atoms with Gasteiger partial charge >= 0.3 is 0 Å². The number of anilines is 1. The predicted octanol–water partition coefficient (Wildman–Crippen LogP) is 4.24. The van der Waals surface area contributed by atoms with Gasteiger partial charge in [0.15, 0.2) is 0 Å². The van der Waals surface area contributed by atoms with Crippen molar-refractivity contribution in [3.8, 4) is 5.75 Å². The van der Waals surface area contributed by atoms with E-state index in [0.717, 1.165) is 18.8 Å². The van der Waals surface area contributed by atoms with E-state index in [1.807, 2.05) is 0 Å². The van der Waals surface area contributed by atoms with Gasteiger partial charge in [-0.05, 0) is 51.7 Å². The lowest BCUT2D eigenvalue weighted by atomic mass is 9.98. The Kier molecular flexibility index (Phi) is 4.91. The molecule has 1 aliphatic carbocycles. The molecule has 0 N–H and O–H groups in total. The van der Waals surface area contributed by atoms with Crippen LogP contribution < -0.4 is 9.64 Å². The maximum atomic E-state index is 6.11. The molecule has 0 amide bonds. The molecule has 2 nitrogen and oxygen atoms in total. The third kappa shape index (κ3) is 3.41. The highest BCUT2D eigenvalue weighted by atomic mass is 16.5. The van der Waals surface area contributed by atoms with Crippen LogP contribution in [0.5, 0.6) is 5.75 Å². The van der Waals surface area contributed by atoms with Gasteiger partial charge in [0.1, 0.15) is 5.75 Å². The molecule has 0 aliphatic heterocycles. The highest BCUT2D eigenvalue weighted by molar-refractivity contribution is 5.50. The van der Waals surface area contributed by atoms with Crippen LogP contribution in [0.3, 0.4) is 0 Å². The number of rotatable bonds is 5. The zero-order valence-corrected chi connectivity index (χ0v) is 11.7. The second-order valence-electron chi connectivity index (χ2n) is 5.05. The van der Waals surface area contributed by atoms with Crippen molar-refractivity contribution in [3.63, 3.8) is 0 Å². The van der Waals surface area contributed by atoms with Crippen molar-refractivity contribution in [2.75, 3.05) is 18.0 Å². The number of ether oxygens (including phenoxy) is 1. The molecule has 1 saturated carbocycles. The second-order valence-corrected chi connectivity index (χ2v) is 5.05. The van der Waals surface area contributed by atoms with Gasteiger partial charge in [-0.1, -0.05) is 12.5 Å². The van der Waals surface area contributed by atoms with Crippen molar-refractivity contribution < 1.29 is 4.74 Å². The summed E-state index contributed by atoms with van der Waals surface area (Å²) in [5, 5.41) is 0. The topological polar surface area (TPSA) is 12.5 Å². The lowest BCUT2D eigenvalue weighted by Crippen LogP contribution is -2.22. The Morgan fingerprint density at radius 3 is 2.50 bits per heavy atom. The van der Waals surface area contributed by atoms with Gasteiger partial charge in [-0.25, -0.2) is 0 Å². The fourth-order valence-electron chi connectivity index (χ4n) is 2.72. The van der Waals surface area contributed by atoms with E-state index < -0.39 is 0 Å². The summed E-state index contributed by atoms with van der Waals surface area (Å²) in [6.45, 7) is 6.48. The summed E-state index contributed by atoms with van der Waals surface area (Å²) >= 11 is 0. The summed E-state index contributed by atoms with van der Waals surface area (Å²) in [4.78, 5) is 2.35. The summed E-state index contributed by atoms with van der Waals surface area (Å²) in [6.07, 6.45) is 6.89. The quantitative estimate of drug-likeness (QED) is 0.771. The molecule has 1 aliphatic rings. The van der Waals surface area contributed by atoms with Crippen LogP contribution in [0.4, 0.5) is 5.69 Å². The van der Waals surface area contributed by atoms with E-state index in [-0.39, 0.29) is 0 Å². The number of hydrogen-bond acceptors (Lipinski definition) is 2.